The number of fused-ring (bicyclic) bond motifs is 1. The summed E-state index contributed by atoms with van der Waals surface area (Å²) >= 11 is 0. The Kier molecular flexibility index (Phi) is 6.66. The van der Waals surface area contributed by atoms with Gasteiger partial charge in [0, 0.05) is 18.3 Å². The molecule has 0 spiro atoms. The van der Waals surface area contributed by atoms with Crippen molar-refractivity contribution in [2.24, 2.45) is 0 Å². The zero-order valence-electron chi connectivity index (χ0n) is 18.9. The second-order valence-corrected chi connectivity index (χ2v) is 8.72. The molecule has 1 aromatic carbocycles. The van der Waals surface area contributed by atoms with Crippen LogP contribution in [0.5, 0.6) is 0 Å². The van der Waals surface area contributed by atoms with Crippen LogP contribution in [-0.4, -0.2) is 51.8 Å². The van der Waals surface area contributed by atoms with Crippen LogP contribution in [0.4, 0.5) is 0 Å². The minimum Gasteiger partial charge on any atom is -0.352 e. The van der Waals surface area contributed by atoms with E-state index in [-0.39, 0.29) is 5.91 Å². The molecule has 6 nitrogen and oxygen atoms in total. The molecule has 1 fully saturated rings. The lowest BCUT2D eigenvalue weighted by atomic mass is 9.94. The number of hydrogen-bond acceptors (Lipinski definition) is 4. The molecule has 1 aliphatic rings. The van der Waals surface area contributed by atoms with E-state index < -0.39 is 0 Å². The first-order chi connectivity index (χ1) is 15.0. The SMILES string of the molecule is Cc1cc(C(=O)NCCCN(C)C2CCCCC2)c2c(C)nn(-c3ccccc3)c2n1. The van der Waals surface area contributed by atoms with Gasteiger partial charge in [0.25, 0.3) is 5.91 Å². The summed E-state index contributed by atoms with van der Waals surface area (Å²) in [5.41, 5.74) is 3.95. The van der Waals surface area contributed by atoms with Gasteiger partial charge in [-0.05, 0) is 64.9 Å². The highest BCUT2D eigenvalue weighted by Crippen LogP contribution is 2.25. The van der Waals surface area contributed by atoms with Gasteiger partial charge >= 0.3 is 0 Å². The maximum Gasteiger partial charge on any atom is 0.252 e. The van der Waals surface area contributed by atoms with Gasteiger partial charge in [-0.15, -0.1) is 0 Å². The first-order valence-electron chi connectivity index (χ1n) is 11.5. The lowest BCUT2D eigenvalue weighted by Crippen LogP contribution is -2.35. The van der Waals surface area contributed by atoms with E-state index in [4.69, 9.17) is 4.98 Å². The number of carbonyl (C=O) groups is 1. The van der Waals surface area contributed by atoms with E-state index in [1.165, 1.54) is 32.1 Å². The molecule has 0 bridgehead atoms. The Balaban J connectivity index is 1.46. The number of amides is 1. The third kappa shape index (κ3) is 4.79. The number of aromatic nitrogens is 3. The lowest BCUT2D eigenvalue weighted by molar-refractivity contribution is 0.0952. The molecule has 1 saturated carbocycles. The average molecular weight is 420 g/mol. The number of rotatable bonds is 7. The fourth-order valence-electron chi connectivity index (χ4n) is 4.67. The summed E-state index contributed by atoms with van der Waals surface area (Å²) in [6.45, 7) is 5.55. The lowest BCUT2D eigenvalue weighted by Gasteiger charge is -2.31. The number of para-hydroxylation sites is 1. The highest BCUT2D eigenvalue weighted by Gasteiger charge is 2.20. The second kappa shape index (κ2) is 9.60. The molecule has 1 amide bonds. The molecule has 6 heteroatoms. The van der Waals surface area contributed by atoms with Crippen LogP contribution in [0.15, 0.2) is 36.4 Å². The van der Waals surface area contributed by atoms with Crippen LogP contribution in [0, 0.1) is 13.8 Å². The van der Waals surface area contributed by atoms with Crippen LogP contribution in [0.3, 0.4) is 0 Å². The van der Waals surface area contributed by atoms with Crippen molar-refractivity contribution in [3.05, 3.63) is 53.3 Å². The summed E-state index contributed by atoms with van der Waals surface area (Å²) in [5, 5.41) is 8.63. The van der Waals surface area contributed by atoms with Crippen molar-refractivity contribution in [3.8, 4) is 5.69 Å². The molecule has 0 unspecified atom stereocenters. The van der Waals surface area contributed by atoms with Crippen LogP contribution < -0.4 is 5.32 Å². The van der Waals surface area contributed by atoms with Crippen LogP contribution in [0.1, 0.15) is 60.3 Å². The summed E-state index contributed by atoms with van der Waals surface area (Å²) in [5.74, 6) is -0.0495. The number of carbonyl (C=O) groups excluding carboxylic acids is 1. The van der Waals surface area contributed by atoms with E-state index in [2.05, 4.69) is 22.4 Å². The quantitative estimate of drug-likeness (QED) is 0.576. The Morgan fingerprint density at radius 2 is 1.90 bits per heavy atom. The molecular formula is C25H33N5O. The molecule has 4 rings (SSSR count). The Bertz CT molecular complexity index is 1040. The van der Waals surface area contributed by atoms with E-state index >= 15 is 0 Å². The third-order valence-corrected chi connectivity index (χ3v) is 6.36. The van der Waals surface area contributed by atoms with Crippen LogP contribution in [0.2, 0.25) is 0 Å². The molecule has 3 aromatic rings. The fraction of sp³-hybridized carbons (Fsp3) is 0.480. The molecule has 1 N–H and O–H groups in total. The Morgan fingerprint density at radius 1 is 1.16 bits per heavy atom. The van der Waals surface area contributed by atoms with Crippen molar-refractivity contribution >= 4 is 16.9 Å². The maximum atomic E-state index is 13.1. The molecule has 1 aliphatic carbocycles. The highest BCUT2D eigenvalue weighted by atomic mass is 16.1. The first-order valence-corrected chi connectivity index (χ1v) is 11.5. The van der Waals surface area contributed by atoms with E-state index in [0.717, 1.165) is 41.1 Å². The largest absolute Gasteiger partial charge is 0.352 e. The molecule has 2 heterocycles. The van der Waals surface area contributed by atoms with Crippen molar-refractivity contribution in [2.75, 3.05) is 20.1 Å². The van der Waals surface area contributed by atoms with Gasteiger partial charge in [-0.25, -0.2) is 9.67 Å². The van der Waals surface area contributed by atoms with Crippen molar-refractivity contribution in [3.63, 3.8) is 0 Å². The van der Waals surface area contributed by atoms with Gasteiger partial charge in [-0.2, -0.15) is 5.10 Å². The number of benzene rings is 1. The van der Waals surface area contributed by atoms with Gasteiger partial charge in [0.2, 0.25) is 0 Å². The summed E-state index contributed by atoms with van der Waals surface area (Å²) in [4.78, 5) is 20.2. The van der Waals surface area contributed by atoms with Gasteiger partial charge in [-0.3, -0.25) is 4.79 Å². The molecule has 0 aliphatic heterocycles. The standard InChI is InChI=1S/C25H33N5O/c1-18-17-22(25(31)26-15-10-16-29(3)20-11-6-4-7-12-20)23-19(2)28-30(24(23)27-18)21-13-8-5-9-14-21/h5,8-9,13-14,17,20H,4,6-7,10-12,15-16H2,1-3H3,(H,26,31). The summed E-state index contributed by atoms with van der Waals surface area (Å²) in [6.07, 6.45) is 7.64. The van der Waals surface area contributed by atoms with Crippen LogP contribution >= 0.6 is 0 Å². The summed E-state index contributed by atoms with van der Waals surface area (Å²) in [6, 6.07) is 12.5. The van der Waals surface area contributed by atoms with Crippen molar-refractivity contribution in [1.29, 1.82) is 0 Å². The molecule has 0 radical (unpaired) electrons. The van der Waals surface area contributed by atoms with Gasteiger partial charge < -0.3 is 10.2 Å². The van der Waals surface area contributed by atoms with E-state index in [0.29, 0.717) is 18.2 Å². The zero-order valence-corrected chi connectivity index (χ0v) is 18.9. The predicted octanol–water partition coefficient (Wildman–Crippen LogP) is 4.42. The second-order valence-electron chi connectivity index (χ2n) is 8.72. The third-order valence-electron chi connectivity index (χ3n) is 6.36. The fourth-order valence-corrected chi connectivity index (χ4v) is 4.67. The minimum atomic E-state index is -0.0495. The van der Waals surface area contributed by atoms with E-state index in [9.17, 15) is 4.79 Å². The van der Waals surface area contributed by atoms with Gasteiger partial charge in [0.1, 0.15) is 0 Å². The topological polar surface area (TPSA) is 63.1 Å². The average Bonchev–Trinajstić information content (AvgIpc) is 3.13. The predicted molar refractivity (Wildman–Crippen MR) is 125 cm³/mol. The zero-order chi connectivity index (χ0) is 21.8. The van der Waals surface area contributed by atoms with Crippen LogP contribution in [0.25, 0.3) is 16.7 Å². The number of hydrogen-bond donors (Lipinski definition) is 1. The number of pyridine rings is 1. The number of aryl methyl sites for hydroxylation is 2. The Hall–Kier alpha value is -2.73. The first kappa shape index (κ1) is 21.5. The van der Waals surface area contributed by atoms with Gasteiger partial charge in [-0.1, -0.05) is 37.5 Å². The molecular weight excluding hydrogens is 386 g/mol. The number of nitrogens with zero attached hydrogens (tertiary/aromatic N) is 4. The highest BCUT2D eigenvalue weighted by molar-refractivity contribution is 6.06. The summed E-state index contributed by atoms with van der Waals surface area (Å²) < 4.78 is 1.83. The molecule has 164 valence electrons. The van der Waals surface area contributed by atoms with Gasteiger partial charge in [0.05, 0.1) is 22.3 Å². The molecule has 0 atom stereocenters. The van der Waals surface area contributed by atoms with Crippen molar-refractivity contribution in [2.45, 2.75) is 58.4 Å². The van der Waals surface area contributed by atoms with E-state index in [1.807, 2.05) is 54.9 Å². The Morgan fingerprint density at radius 3 is 2.65 bits per heavy atom. The van der Waals surface area contributed by atoms with Crippen LogP contribution in [-0.2, 0) is 0 Å². The monoisotopic (exact) mass is 419 g/mol. The van der Waals surface area contributed by atoms with E-state index in [1.54, 1.807) is 0 Å². The Labute approximate surface area is 184 Å². The smallest absolute Gasteiger partial charge is 0.252 e. The van der Waals surface area contributed by atoms with Gasteiger partial charge in [0.15, 0.2) is 5.65 Å². The molecule has 31 heavy (non-hydrogen) atoms. The summed E-state index contributed by atoms with van der Waals surface area (Å²) in [7, 11) is 2.22. The maximum absolute atomic E-state index is 13.1. The van der Waals surface area contributed by atoms with Crippen molar-refractivity contribution < 1.29 is 4.79 Å². The molecule has 2 aromatic heterocycles. The normalized spacial score (nSPS) is 15.0. The van der Waals surface area contributed by atoms with Crippen molar-refractivity contribution in [1.82, 2.24) is 25.0 Å². The molecule has 0 saturated heterocycles. The minimum absolute atomic E-state index is 0.0495. The number of nitrogens with one attached hydrogen (secondary N) is 1.